The first-order chi connectivity index (χ1) is 11.0. The Labute approximate surface area is 139 Å². The van der Waals surface area contributed by atoms with E-state index in [-0.39, 0.29) is 5.41 Å². The van der Waals surface area contributed by atoms with Gasteiger partial charge < -0.3 is 4.74 Å². The largest absolute Gasteiger partial charge is 0.437 e. The van der Waals surface area contributed by atoms with Gasteiger partial charge >= 0.3 is 0 Å². The van der Waals surface area contributed by atoms with Crippen LogP contribution in [0.1, 0.15) is 31.2 Å². The van der Waals surface area contributed by atoms with Crippen molar-refractivity contribution in [1.82, 2.24) is 15.0 Å². The summed E-state index contributed by atoms with van der Waals surface area (Å²) in [5.74, 6) is 1.86. The van der Waals surface area contributed by atoms with Crippen LogP contribution in [0.25, 0.3) is 10.9 Å². The molecule has 1 aliphatic rings. The first-order valence-electron chi connectivity index (χ1n) is 7.62. The lowest BCUT2D eigenvalue weighted by Crippen LogP contribution is -2.07. The van der Waals surface area contributed by atoms with Gasteiger partial charge in [0.05, 0.1) is 11.7 Å². The lowest BCUT2D eigenvalue weighted by atomic mass is 10.1. The number of aryl methyl sites for hydroxylation is 1. The lowest BCUT2D eigenvalue weighted by molar-refractivity contribution is 0.454. The fourth-order valence-corrected chi connectivity index (χ4v) is 2.77. The van der Waals surface area contributed by atoms with Gasteiger partial charge in [0.25, 0.3) is 0 Å². The van der Waals surface area contributed by atoms with Gasteiger partial charge in [-0.2, -0.15) is 4.98 Å². The van der Waals surface area contributed by atoms with E-state index in [1.165, 1.54) is 0 Å². The molecule has 116 valence electrons. The molecule has 3 aromatic rings. The van der Waals surface area contributed by atoms with Crippen LogP contribution in [0.15, 0.2) is 36.5 Å². The summed E-state index contributed by atoms with van der Waals surface area (Å²) in [5, 5.41) is 1.44. The molecule has 1 aromatic carbocycles. The molecule has 1 saturated carbocycles. The highest BCUT2D eigenvalue weighted by Crippen LogP contribution is 2.46. The highest BCUT2D eigenvalue weighted by atomic mass is 35.5. The molecule has 0 atom stereocenters. The van der Waals surface area contributed by atoms with E-state index in [9.17, 15) is 0 Å². The van der Waals surface area contributed by atoms with Crippen LogP contribution in [0.2, 0.25) is 5.15 Å². The van der Waals surface area contributed by atoms with Gasteiger partial charge in [-0.05, 0) is 31.4 Å². The lowest BCUT2D eigenvalue weighted by Gasteiger charge is -2.11. The fraction of sp³-hybridized carbons (Fsp3) is 0.278. The van der Waals surface area contributed by atoms with Crippen LogP contribution >= 0.6 is 11.6 Å². The molecule has 0 bridgehead atoms. The van der Waals surface area contributed by atoms with Crippen LogP contribution in [-0.4, -0.2) is 15.0 Å². The molecule has 2 aromatic heterocycles. The molecule has 4 nitrogen and oxygen atoms in total. The predicted molar refractivity (Wildman–Crippen MR) is 90.2 cm³/mol. The van der Waals surface area contributed by atoms with Crippen LogP contribution in [0, 0.1) is 6.92 Å². The number of hydrogen-bond acceptors (Lipinski definition) is 4. The monoisotopic (exact) mass is 325 g/mol. The first kappa shape index (κ1) is 14.4. The number of nitrogens with zero attached hydrogens (tertiary/aromatic N) is 3. The predicted octanol–water partition coefficient (Wildman–Crippen LogP) is 4.83. The quantitative estimate of drug-likeness (QED) is 0.647. The van der Waals surface area contributed by atoms with E-state index >= 15 is 0 Å². The number of halogens is 1. The Morgan fingerprint density at radius 3 is 2.78 bits per heavy atom. The molecule has 0 amide bonds. The van der Waals surface area contributed by atoms with Crippen molar-refractivity contribution in [2.75, 3.05) is 0 Å². The van der Waals surface area contributed by atoms with Crippen molar-refractivity contribution >= 4 is 22.5 Å². The second kappa shape index (κ2) is 5.17. The second-order valence-electron chi connectivity index (χ2n) is 6.33. The number of rotatable bonds is 3. The minimum absolute atomic E-state index is 0.0434. The molecule has 5 heteroatoms. The smallest absolute Gasteiger partial charge is 0.224 e. The van der Waals surface area contributed by atoms with Crippen molar-refractivity contribution in [1.29, 1.82) is 0 Å². The van der Waals surface area contributed by atoms with Crippen LogP contribution < -0.4 is 4.74 Å². The molecule has 0 aliphatic heterocycles. The molecule has 1 aliphatic carbocycles. The van der Waals surface area contributed by atoms with Crippen LogP contribution in [0.4, 0.5) is 0 Å². The van der Waals surface area contributed by atoms with Gasteiger partial charge in [-0.1, -0.05) is 36.7 Å². The molecule has 0 spiro atoms. The second-order valence-corrected chi connectivity index (χ2v) is 6.72. The van der Waals surface area contributed by atoms with Gasteiger partial charge in [-0.25, -0.2) is 4.98 Å². The van der Waals surface area contributed by atoms with E-state index in [4.69, 9.17) is 16.3 Å². The summed E-state index contributed by atoms with van der Waals surface area (Å²) >= 11 is 6.12. The third-order valence-corrected chi connectivity index (χ3v) is 4.51. The molecular formula is C18H16ClN3O. The summed E-state index contributed by atoms with van der Waals surface area (Å²) in [5.41, 5.74) is 2.16. The van der Waals surface area contributed by atoms with Gasteiger partial charge in [-0.15, -0.1) is 0 Å². The Bertz CT molecular complexity index is 906. The average Bonchev–Trinajstić information content (AvgIpc) is 3.26. The van der Waals surface area contributed by atoms with E-state index in [0.717, 1.165) is 35.1 Å². The van der Waals surface area contributed by atoms with E-state index in [1.54, 1.807) is 12.3 Å². The van der Waals surface area contributed by atoms with Crippen molar-refractivity contribution in [2.24, 2.45) is 0 Å². The minimum Gasteiger partial charge on any atom is -0.437 e. The number of benzene rings is 1. The zero-order valence-electron chi connectivity index (χ0n) is 13.0. The van der Waals surface area contributed by atoms with Gasteiger partial charge in [-0.3, -0.25) is 4.98 Å². The first-order valence-corrected chi connectivity index (χ1v) is 8.00. The van der Waals surface area contributed by atoms with E-state index in [2.05, 4.69) is 21.9 Å². The molecule has 0 radical (unpaired) electrons. The Balaban J connectivity index is 1.69. The van der Waals surface area contributed by atoms with Crippen molar-refractivity contribution in [3.63, 3.8) is 0 Å². The Morgan fingerprint density at radius 1 is 1.17 bits per heavy atom. The molecule has 2 heterocycles. The zero-order valence-corrected chi connectivity index (χ0v) is 13.8. The van der Waals surface area contributed by atoms with Gasteiger partial charge in [0.15, 0.2) is 0 Å². The summed E-state index contributed by atoms with van der Waals surface area (Å²) < 4.78 is 5.87. The Kier molecular flexibility index (Phi) is 3.23. The van der Waals surface area contributed by atoms with Gasteiger partial charge in [0.1, 0.15) is 16.7 Å². The molecule has 1 fully saturated rings. The molecule has 0 unspecified atom stereocenters. The maximum Gasteiger partial charge on any atom is 0.224 e. The minimum atomic E-state index is 0.0434. The summed E-state index contributed by atoms with van der Waals surface area (Å²) in [6.07, 6.45) is 3.89. The molecule has 4 rings (SSSR count). The van der Waals surface area contributed by atoms with Crippen LogP contribution in [0.3, 0.4) is 0 Å². The number of ether oxygens (including phenoxy) is 1. The van der Waals surface area contributed by atoms with Crippen LogP contribution in [-0.2, 0) is 5.41 Å². The summed E-state index contributed by atoms with van der Waals surface area (Å²) in [6.45, 7) is 4.19. The highest BCUT2D eigenvalue weighted by Gasteiger charge is 2.42. The normalized spacial score (nSPS) is 15.6. The molecular weight excluding hydrogens is 310 g/mol. The van der Waals surface area contributed by atoms with Crippen molar-refractivity contribution in [3.8, 4) is 11.6 Å². The number of aromatic nitrogens is 3. The van der Waals surface area contributed by atoms with E-state index in [0.29, 0.717) is 16.8 Å². The van der Waals surface area contributed by atoms with Crippen molar-refractivity contribution < 1.29 is 4.74 Å². The van der Waals surface area contributed by atoms with Gasteiger partial charge in [0.2, 0.25) is 5.88 Å². The summed E-state index contributed by atoms with van der Waals surface area (Å²) in [6, 6.07) is 9.67. The van der Waals surface area contributed by atoms with Crippen molar-refractivity contribution in [3.05, 3.63) is 53.1 Å². The van der Waals surface area contributed by atoms with Crippen molar-refractivity contribution in [2.45, 2.75) is 32.1 Å². The number of hydrogen-bond donors (Lipinski definition) is 0. The maximum atomic E-state index is 6.12. The number of fused-ring (bicyclic) bond motifs is 1. The topological polar surface area (TPSA) is 47.9 Å². The number of pyridine rings is 1. The van der Waals surface area contributed by atoms with Gasteiger partial charge in [0, 0.05) is 16.9 Å². The third kappa shape index (κ3) is 2.75. The SMILES string of the molecule is Cc1cccc2cc(Oc3cc(Cl)nc(C4(C)CC4)n3)cnc12. The molecule has 0 N–H and O–H groups in total. The van der Waals surface area contributed by atoms with Crippen LogP contribution in [0.5, 0.6) is 11.6 Å². The maximum absolute atomic E-state index is 6.12. The Morgan fingerprint density at radius 2 is 2.00 bits per heavy atom. The zero-order chi connectivity index (χ0) is 16.0. The summed E-state index contributed by atoms with van der Waals surface area (Å²) in [7, 11) is 0. The van der Waals surface area contributed by atoms with E-state index in [1.807, 2.05) is 31.2 Å². The summed E-state index contributed by atoms with van der Waals surface area (Å²) in [4.78, 5) is 13.3. The highest BCUT2D eigenvalue weighted by molar-refractivity contribution is 6.29. The average molecular weight is 326 g/mol. The third-order valence-electron chi connectivity index (χ3n) is 4.32. The molecule has 23 heavy (non-hydrogen) atoms. The number of para-hydroxylation sites is 1. The standard InChI is InChI=1S/C18H16ClN3O/c1-11-4-3-5-12-8-13(10-20-16(11)12)23-15-9-14(19)21-17(22-15)18(2)6-7-18/h3-5,8-10H,6-7H2,1-2H3. The Hall–Kier alpha value is -2.20. The van der Waals surface area contributed by atoms with E-state index < -0.39 is 0 Å². The fourth-order valence-electron chi connectivity index (χ4n) is 2.60. The molecule has 0 saturated heterocycles.